The molecule has 3 rings (SSSR count). The lowest BCUT2D eigenvalue weighted by Crippen LogP contribution is -2.24. The van der Waals surface area contributed by atoms with Crippen molar-refractivity contribution in [3.8, 4) is 23.0 Å². The van der Waals surface area contributed by atoms with E-state index in [2.05, 4.69) is 10.1 Å². The van der Waals surface area contributed by atoms with E-state index in [4.69, 9.17) is 14.0 Å². The molecule has 0 aliphatic rings. The van der Waals surface area contributed by atoms with E-state index in [9.17, 15) is 4.39 Å². The van der Waals surface area contributed by atoms with Crippen LogP contribution in [0.2, 0.25) is 0 Å². The average molecular weight is 357 g/mol. The first-order chi connectivity index (χ1) is 12.7. The van der Waals surface area contributed by atoms with Gasteiger partial charge in [0.15, 0.2) is 17.4 Å². The number of benzene rings is 2. The molecule has 1 aromatic heterocycles. The Bertz CT molecular complexity index is 836. The Balaban J connectivity index is 1.51. The van der Waals surface area contributed by atoms with E-state index in [1.165, 1.54) is 6.07 Å². The monoisotopic (exact) mass is 357 g/mol. The number of ether oxygens (including phenoxy) is 2. The zero-order valence-electron chi connectivity index (χ0n) is 14.7. The van der Waals surface area contributed by atoms with Crippen LogP contribution in [-0.4, -0.2) is 42.3 Å². The number of halogens is 1. The maximum Gasteiger partial charge on any atom is 0.257 e. The molecule has 1 heterocycles. The van der Waals surface area contributed by atoms with Crippen LogP contribution < -0.4 is 9.47 Å². The van der Waals surface area contributed by atoms with Crippen molar-refractivity contribution in [2.75, 3.05) is 27.3 Å². The highest BCUT2D eigenvalue weighted by Crippen LogP contribution is 2.21. The molecule has 0 aliphatic carbocycles. The highest BCUT2D eigenvalue weighted by molar-refractivity contribution is 5.54. The predicted octanol–water partition coefficient (Wildman–Crippen LogP) is 3.40. The van der Waals surface area contributed by atoms with Crippen molar-refractivity contribution in [2.24, 2.45) is 0 Å². The van der Waals surface area contributed by atoms with Gasteiger partial charge in [0.2, 0.25) is 0 Å². The van der Waals surface area contributed by atoms with E-state index in [-0.39, 0.29) is 11.6 Å². The van der Waals surface area contributed by atoms with Crippen molar-refractivity contribution in [2.45, 2.75) is 6.54 Å². The first-order valence-electron chi connectivity index (χ1n) is 8.18. The number of rotatable bonds is 8. The second kappa shape index (κ2) is 8.44. The molecule has 0 bridgehead atoms. The summed E-state index contributed by atoms with van der Waals surface area (Å²) in [5.74, 6) is 1.69. The van der Waals surface area contributed by atoms with E-state index in [0.29, 0.717) is 31.4 Å². The Labute approximate surface area is 151 Å². The number of hydrogen-bond donors (Lipinski definition) is 0. The third-order valence-electron chi connectivity index (χ3n) is 3.78. The average Bonchev–Trinajstić information content (AvgIpc) is 3.12. The Morgan fingerprint density at radius 2 is 1.88 bits per heavy atom. The summed E-state index contributed by atoms with van der Waals surface area (Å²) in [5, 5.41) is 4.00. The Morgan fingerprint density at radius 3 is 2.62 bits per heavy atom. The van der Waals surface area contributed by atoms with Crippen LogP contribution in [0.3, 0.4) is 0 Å². The first-order valence-corrected chi connectivity index (χ1v) is 8.18. The minimum Gasteiger partial charge on any atom is -0.497 e. The first kappa shape index (κ1) is 17.9. The van der Waals surface area contributed by atoms with Crippen LogP contribution in [0.25, 0.3) is 11.5 Å². The summed E-state index contributed by atoms with van der Waals surface area (Å²) >= 11 is 0. The maximum atomic E-state index is 13.5. The Hall–Kier alpha value is -2.93. The minimum atomic E-state index is -0.363. The fourth-order valence-electron chi connectivity index (χ4n) is 2.36. The Kier molecular flexibility index (Phi) is 5.80. The van der Waals surface area contributed by atoms with Gasteiger partial charge in [0.25, 0.3) is 5.89 Å². The van der Waals surface area contributed by atoms with Gasteiger partial charge >= 0.3 is 0 Å². The Morgan fingerprint density at radius 1 is 1.12 bits per heavy atom. The lowest BCUT2D eigenvalue weighted by atomic mass is 10.2. The molecule has 0 saturated carbocycles. The molecule has 26 heavy (non-hydrogen) atoms. The van der Waals surface area contributed by atoms with Gasteiger partial charge in [-0.1, -0.05) is 17.3 Å². The fourth-order valence-corrected chi connectivity index (χ4v) is 2.36. The number of methoxy groups -OCH3 is 1. The molecule has 0 aliphatic heterocycles. The number of para-hydroxylation sites is 1. The summed E-state index contributed by atoms with van der Waals surface area (Å²) < 4.78 is 29.4. The molecule has 6 nitrogen and oxygen atoms in total. The van der Waals surface area contributed by atoms with Gasteiger partial charge in [-0.3, -0.25) is 4.90 Å². The quantitative estimate of drug-likeness (QED) is 0.616. The van der Waals surface area contributed by atoms with E-state index in [1.807, 2.05) is 36.2 Å². The van der Waals surface area contributed by atoms with Crippen molar-refractivity contribution in [3.05, 3.63) is 60.2 Å². The lowest BCUT2D eigenvalue weighted by Gasteiger charge is -2.15. The summed E-state index contributed by atoms with van der Waals surface area (Å²) in [6, 6.07) is 13.8. The van der Waals surface area contributed by atoms with Crippen molar-refractivity contribution < 1.29 is 18.4 Å². The molecule has 0 spiro atoms. The summed E-state index contributed by atoms with van der Waals surface area (Å²) in [6.45, 7) is 1.46. The summed E-state index contributed by atoms with van der Waals surface area (Å²) in [6.07, 6.45) is 0. The predicted molar refractivity (Wildman–Crippen MR) is 94.5 cm³/mol. The lowest BCUT2D eigenvalue weighted by molar-refractivity contribution is 0.222. The van der Waals surface area contributed by atoms with Gasteiger partial charge < -0.3 is 14.0 Å². The van der Waals surface area contributed by atoms with Crippen LogP contribution >= 0.6 is 0 Å². The minimum absolute atomic E-state index is 0.252. The molecule has 3 aromatic rings. The number of likely N-dealkylation sites (N-methyl/N-ethyl adjacent to an activating group) is 1. The summed E-state index contributed by atoms with van der Waals surface area (Å²) in [5.41, 5.74) is 0.829. The molecule has 0 radical (unpaired) electrons. The number of aromatic nitrogens is 2. The molecule has 0 saturated heterocycles. The van der Waals surface area contributed by atoms with Crippen molar-refractivity contribution in [1.82, 2.24) is 15.0 Å². The zero-order valence-corrected chi connectivity index (χ0v) is 14.7. The van der Waals surface area contributed by atoms with E-state index >= 15 is 0 Å². The van der Waals surface area contributed by atoms with Crippen molar-refractivity contribution in [1.29, 1.82) is 0 Å². The molecule has 136 valence electrons. The van der Waals surface area contributed by atoms with Gasteiger partial charge in [-0.2, -0.15) is 4.98 Å². The van der Waals surface area contributed by atoms with Crippen LogP contribution in [0.4, 0.5) is 4.39 Å². The van der Waals surface area contributed by atoms with Crippen molar-refractivity contribution >= 4 is 0 Å². The van der Waals surface area contributed by atoms with Gasteiger partial charge in [0, 0.05) is 12.1 Å². The van der Waals surface area contributed by atoms with Crippen LogP contribution in [0.1, 0.15) is 5.82 Å². The number of hydrogen-bond acceptors (Lipinski definition) is 6. The molecular formula is C19H20FN3O3. The standard InChI is InChI=1S/C19H20FN3O3/c1-23(11-12-25-17-6-4-3-5-16(17)20)13-18-21-19(26-22-18)14-7-9-15(24-2)10-8-14/h3-10H,11-13H2,1-2H3. The summed E-state index contributed by atoms with van der Waals surface area (Å²) in [4.78, 5) is 6.37. The van der Waals surface area contributed by atoms with Crippen LogP contribution in [0.5, 0.6) is 11.5 Å². The third kappa shape index (κ3) is 4.58. The van der Waals surface area contributed by atoms with Gasteiger partial charge in [-0.15, -0.1) is 0 Å². The van der Waals surface area contributed by atoms with E-state index in [1.54, 1.807) is 25.3 Å². The third-order valence-corrected chi connectivity index (χ3v) is 3.78. The fraction of sp³-hybridized carbons (Fsp3) is 0.263. The molecule has 0 amide bonds. The topological polar surface area (TPSA) is 60.6 Å². The van der Waals surface area contributed by atoms with Gasteiger partial charge in [-0.05, 0) is 43.4 Å². The summed E-state index contributed by atoms with van der Waals surface area (Å²) in [7, 11) is 3.53. The molecule has 0 unspecified atom stereocenters. The van der Waals surface area contributed by atoms with E-state index in [0.717, 1.165) is 11.3 Å². The molecule has 0 atom stereocenters. The second-order valence-corrected chi connectivity index (χ2v) is 5.76. The molecular weight excluding hydrogens is 337 g/mol. The highest BCUT2D eigenvalue weighted by Gasteiger charge is 2.11. The largest absolute Gasteiger partial charge is 0.497 e. The highest BCUT2D eigenvalue weighted by atomic mass is 19.1. The smallest absolute Gasteiger partial charge is 0.257 e. The van der Waals surface area contributed by atoms with E-state index < -0.39 is 0 Å². The molecule has 0 fully saturated rings. The number of nitrogens with zero attached hydrogens (tertiary/aromatic N) is 3. The normalized spacial score (nSPS) is 10.9. The SMILES string of the molecule is COc1ccc(-c2nc(CN(C)CCOc3ccccc3F)no2)cc1. The van der Waals surface area contributed by atoms with Gasteiger partial charge in [0.05, 0.1) is 13.7 Å². The van der Waals surface area contributed by atoms with Crippen molar-refractivity contribution in [3.63, 3.8) is 0 Å². The molecule has 2 aromatic carbocycles. The van der Waals surface area contributed by atoms with Crippen LogP contribution in [-0.2, 0) is 6.54 Å². The van der Waals surface area contributed by atoms with Crippen LogP contribution in [0.15, 0.2) is 53.1 Å². The zero-order chi connectivity index (χ0) is 18.4. The molecule has 0 N–H and O–H groups in total. The molecule has 7 heteroatoms. The van der Waals surface area contributed by atoms with Gasteiger partial charge in [0.1, 0.15) is 12.4 Å². The van der Waals surface area contributed by atoms with Crippen LogP contribution in [0, 0.1) is 5.82 Å². The second-order valence-electron chi connectivity index (χ2n) is 5.76. The van der Waals surface area contributed by atoms with Gasteiger partial charge in [-0.25, -0.2) is 4.39 Å². The maximum absolute atomic E-state index is 13.5.